The lowest BCUT2D eigenvalue weighted by Gasteiger charge is -2.32. The Morgan fingerprint density at radius 3 is 2.88 bits per heavy atom. The Kier molecular flexibility index (Phi) is 3.67. The van der Waals surface area contributed by atoms with Crippen molar-refractivity contribution in [2.45, 2.75) is 45.7 Å². The third-order valence-corrected chi connectivity index (χ3v) is 3.53. The summed E-state index contributed by atoms with van der Waals surface area (Å²) in [7, 11) is 0. The van der Waals surface area contributed by atoms with Gasteiger partial charge in [0.2, 0.25) is 0 Å². The highest BCUT2D eigenvalue weighted by atomic mass is 15.3. The van der Waals surface area contributed by atoms with Crippen LogP contribution in [-0.4, -0.2) is 23.6 Å². The Hall–Kier alpha value is -1.09. The average Bonchev–Trinajstić information content (AvgIpc) is 2.67. The van der Waals surface area contributed by atoms with Gasteiger partial charge >= 0.3 is 0 Å². The van der Waals surface area contributed by atoms with E-state index in [9.17, 15) is 0 Å². The predicted octanol–water partition coefficient (Wildman–Crippen LogP) is 2.57. The Labute approximate surface area is 104 Å². The zero-order valence-corrected chi connectivity index (χ0v) is 11.2. The van der Waals surface area contributed by atoms with Gasteiger partial charge in [-0.25, -0.2) is 4.98 Å². The van der Waals surface area contributed by atoms with E-state index < -0.39 is 0 Å². The molecule has 0 bridgehead atoms. The van der Waals surface area contributed by atoms with Gasteiger partial charge in [0.15, 0.2) is 0 Å². The van der Waals surface area contributed by atoms with Gasteiger partial charge in [-0.05, 0) is 45.4 Å². The topological polar surface area (TPSA) is 28.2 Å². The van der Waals surface area contributed by atoms with Crippen LogP contribution in [0.2, 0.25) is 0 Å². The minimum Gasteiger partial charge on any atom is -0.351 e. The first kappa shape index (κ1) is 12.4. The SMILES string of the molecule is CCNCc1cccc(N2CCCC2(C)C)n1. The van der Waals surface area contributed by atoms with Crippen LogP contribution in [0.25, 0.3) is 0 Å². The van der Waals surface area contributed by atoms with Crippen LogP contribution in [-0.2, 0) is 6.54 Å². The van der Waals surface area contributed by atoms with Crippen molar-refractivity contribution in [3.8, 4) is 0 Å². The minimum absolute atomic E-state index is 0.254. The van der Waals surface area contributed by atoms with Crippen molar-refractivity contribution < 1.29 is 0 Å². The summed E-state index contributed by atoms with van der Waals surface area (Å²) >= 11 is 0. The third kappa shape index (κ3) is 2.78. The number of nitrogens with zero attached hydrogens (tertiary/aromatic N) is 2. The zero-order chi connectivity index (χ0) is 12.3. The maximum Gasteiger partial charge on any atom is 0.129 e. The number of hydrogen-bond donors (Lipinski definition) is 1. The van der Waals surface area contributed by atoms with Crippen LogP contribution in [0.5, 0.6) is 0 Å². The highest BCUT2D eigenvalue weighted by molar-refractivity contribution is 5.43. The fraction of sp³-hybridized carbons (Fsp3) is 0.643. The van der Waals surface area contributed by atoms with Gasteiger partial charge in [-0.2, -0.15) is 0 Å². The van der Waals surface area contributed by atoms with Crippen molar-refractivity contribution in [3.63, 3.8) is 0 Å². The maximum absolute atomic E-state index is 4.75. The Morgan fingerprint density at radius 2 is 2.24 bits per heavy atom. The molecule has 1 aromatic heterocycles. The van der Waals surface area contributed by atoms with E-state index in [2.05, 4.69) is 49.2 Å². The summed E-state index contributed by atoms with van der Waals surface area (Å²) in [5.41, 5.74) is 1.39. The first-order valence-electron chi connectivity index (χ1n) is 6.58. The Morgan fingerprint density at radius 1 is 1.41 bits per heavy atom. The standard InChI is InChI=1S/C14H23N3/c1-4-15-11-12-7-5-8-13(16-12)17-10-6-9-14(17,2)3/h5,7-8,15H,4,6,9-11H2,1-3H3. The molecule has 0 spiro atoms. The summed E-state index contributed by atoms with van der Waals surface area (Å²) in [5, 5.41) is 3.32. The molecule has 1 aromatic rings. The molecule has 3 nitrogen and oxygen atoms in total. The molecule has 1 aliphatic rings. The van der Waals surface area contributed by atoms with E-state index in [1.807, 2.05) is 0 Å². The van der Waals surface area contributed by atoms with E-state index in [1.165, 1.54) is 12.8 Å². The smallest absolute Gasteiger partial charge is 0.129 e. The maximum atomic E-state index is 4.75. The molecule has 0 saturated carbocycles. The quantitative estimate of drug-likeness (QED) is 0.866. The van der Waals surface area contributed by atoms with Crippen LogP contribution in [0.4, 0.5) is 5.82 Å². The molecule has 1 N–H and O–H groups in total. The number of pyridine rings is 1. The normalized spacial score (nSPS) is 18.6. The van der Waals surface area contributed by atoms with Gasteiger partial charge < -0.3 is 10.2 Å². The minimum atomic E-state index is 0.254. The predicted molar refractivity (Wildman–Crippen MR) is 72.3 cm³/mol. The van der Waals surface area contributed by atoms with Crippen LogP contribution < -0.4 is 10.2 Å². The zero-order valence-electron chi connectivity index (χ0n) is 11.2. The van der Waals surface area contributed by atoms with E-state index in [-0.39, 0.29) is 5.54 Å². The number of aromatic nitrogens is 1. The van der Waals surface area contributed by atoms with Crippen molar-refractivity contribution in [3.05, 3.63) is 23.9 Å². The van der Waals surface area contributed by atoms with Gasteiger partial charge in [-0.3, -0.25) is 0 Å². The van der Waals surface area contributed by atoms with Crippen LogP contribution in [0.1, 0.15) is 39.3 Å². The first-order chi connectivity index (χ1) is 8.13. The van der Waals surface area contributed by atoms with Crippen molar-refractivity contribution in [1.82, 2.24) is 10.3 Å². The van der Waals surface area contributed by atoms with Crippen LogP contribution in [0.15, 0.2) is 18.2 Å². The lowest BCUT2D eigenvalue weighted by atomic mass is 10.0. The number of nitrogens with one attached hydrogen (secondary N) is 1. The van der Waals surface area contributed by atoms with Gasteiger partial charge in [0.25, 0.3) is 0 Å². The molecular weight excluding hydrogens is 210 g/mol. The molecule has 0 aromatic carbocycles. The summed E-state index contributed by atoms with van der Waals surface area (Å²) < 4.78 is 0. The second-order valence-corrected chi connectivity index (χ2v) is 5.34. The molecule has 0 aliphatic carbocycles. The molecule has 94 valence electrons. The second-order valence-electron chi connectivity index (χ2n) is 5.34. The summed E-state index contributed by atoms with van der Waals surface area (Å²) in [6.07, 6.45) is 2.53. The summed E-state index contributed by atoms with van der Waals surface area (Å²) in [6, 6.07) is 6.33. The van der Waals surface area contributed by atoms with Crippen LogP contribution >= 0.6 is 0 Å². The first-order valence-corrected chi connectivity index (χ1v) is 6.58. The highest BCUT2D eigenvalue weighted by Gasteiger charge is 2.32. The van der Waals surface area contributed by atoms with Gasteiger partial charge in [-0.15, -0.1) is 0 Å². The Balaban J connectivity index is 2.15. The van der Waals surface area contributed by atoms with Crippen LogP contribution in [0.3, 0.4) is 0 Å². The van der Waals surface area contributed by atoms with Gasteiger partial charge in [0.1, 0.15) is 5.82 Å². The van der Waals surface area contributed by atoms with Crippen molar-refractivity contribution in [2.75, 3.05) is 18.0 Å². The van der Waals surface area contributed by atoms with Crippen molar-refractivity contribution >= 4 is 5.82 Å². The fourth-order valence-electron chi connectivity index (χ4n) is 2.50. The lowest BCUT2D eigenvalue weighted by molar-refractivity contribution is 0.513. The molecule has 17 heavy (non-hydrogen) atoms. The number of anilines is 1. The molecule has 1 aliphatic heterocycles. The molecule has 2 heterocycles. The molecule has 0 atom stereocenters. The monoisotopic (exact) mass is 233 g/mol. The van der Waals surface area contributed by atoms with Gasteiger partial charge in [0.05, 0.1) is 5.69 Å². The van der Waals surface area contributed by atoms with Crippen molar-refractivity contribution in [1.29, 1.82) is 0 Å². The van der Waals surface area contributed by atoms with Gasteiger partial charge in [-0.1, -0.05) is 13.0 Å². The molecule has 2 rings (SSSR count). The van der Waals surface area contributed by atoms with E-state index >= 15 is 0 Å². The summed E-state index contributed by atoms with van der Waals surface area (Å²) in [5.74, 6) is 1.13. The largest absolute Gasteiger partial charge is 0.351 e. The average molecular weight is 233 g/mol. The van der Waals surface area contributed by atoms with E-state index in [0.29, 0.717) is 0 Å². The molecule has 1 fully saturated rings. The summed E-state index contributed by atoms with van der Waals surface area (Å²) in [6.45, 7) is 9.70. The lowest BCUT2D eigenvalue weighted by Crippen LogP contribution is -2.38. The molecule has 1 saturated heterocycles. The van der Waals surface area contributed by atoms with E-state index in [0.717, 1.165) is 31.1 Å². The van der Waals surface area contributed by atoms with Crippen molar-refractivity contribution in [2.24, 2.45) is 0 Å². The van der Waals surface area contributed by atoms with Gasteiger partial charge in [0, 0.05) is 18.6 Å². The van der Waals surface area contributed by atoms with E-state index in [1.54, 1.807) is 0 Å². The number of hydrogen-bond acceptors (Lipinski definition) is 3. The summed E-state index contributed by atoms with van der Waals surface area (Å²) in [4.78, 5) is 7.18. The Bertz CT molecular complexity index is 373. The van der Waals surface area contributed by atoms with Crippen LogP contribution in [0, 0.1) is 0 Å². The molecular formula is C14H23N3. The third-order valence-electron chi connectivity index (χ3n) is 3.53. The molecule has 0 unspecified atom stereocenters. The highest BCUT2D eigenvalue weighted by Crippen LogP contribution is 2.32. The number of rotatable bonds is 4. The molecule has 0 radical (unpaired) electrons. The molecule has 0 amide bonds. The second kappa shape index (κ2) is 5.05. The fourth-order valence-corrected chi connectivity index (χ4v) is 2.50. The molecule has 3 heteroatoms. The van der Waals surface area contributed by atoms with E-state index in [4.69, 9.17) is 4.98 Å².